The van der Waals surface area contributed by atoms with E-state index in [-0.39, 0.29) is 13.2 Å². The lowest BCUT2D eigenvalue weighted by Gasteiger charge is -2.28. The smallest absolute Gasteiger partial charge is 0.316 e. The molecule has 136 valence electrons. The molecule has 0 fully saturated rings. The van der Waals surface area contributed by atoms with Gasteiger partial charge in [-0.15, -0.1) is 0 Å². The van der Waals surface area contributed by atoms with Crippen molar-refractivity contribution in [2.75, 3.05) is 31.7 Å². The lowest BCUT2D eigenvalue weighted by molar-refractivity contribution is -0.137. The van der Waals surface area contributed by atoms with Crippen LogP contribution in [0.4, 0.5) is 5.69 Å². The molecule has 6 heteroatoms. The van der Waals surface area contributed by atoms with Gasteiger partial charge in [-0.1, -0.05) is 18.2 Å². The zero-order valence-electron chi connectivity index (χ0n) is 14.7. The van der Waals surface area contributed by atoms with Crippen molar-refractivity contribution in [3.05, 3.63) is 54.1 Å². The standard InChI is InChI=1S/C20H22N2O4/c1-25-16-8-10-17(11-9-16)26-14-12-21-19(23)20(24)22-13-4-6-15-5-2-3-7-18(15)22/h2-3,5,7-11H,4,6,12-14H2,1H3,(H,21,23). The first-order chi connectivity index (χ1) is 12.7. The zero-order chi connectivity index (χ0) is 18.4. The Morgan fingerprint density at radius 2 is 1.81 bits per heavy atom. The number of rotatable bonds is 5. The molecule has 2 aromatic carbocycles. The largest absolute Gasteiger partial charge is 0.497 e. The third-order valence-electron chi connectivity index (χ3n) is 4.27. The summed E-state index contributed by atoms with van der Waals surface area (Å²) in [6.45, 7) is 1.10. The second-order valence-electron chi connectivity index (χ2n) is 5.97. The highest BCUT2D eigenvalue weighted by Crippen LogP contribution is 2.26. The summed E-state index contributed by atoms with van der Waals surface area (Å²) in [5.41, 5.74) is 1.93. The van der Waals surface area contributed by atoms with Gasteiger partial charge >= 0.3 is 11.8 Å². The first-order valence-corrected chi connectivity index (χ1v) is 8.63. The van der Waals surface area contributed by atoms with Crippen LogP contribution in [0.3, 0.4) is 0 Å². The second kappa shape index (κ2) is 8.38. The molecule has 0 spiro atoms. The van der Waals surface area contributed by atoms with Gasteiger partial charge in [-0.2, -0.15) is 0 Å². The fourth-order valence-corrected chi connectivity index (χ4v) is 2.95. The molecule has 1 aliphatic rings. The average Bonchev–Trinajstić information content (AvgIpc) is 2.70. The van der Waals surface area contributed by atoms with Gasteiger partial charge in [-0.25, -0.2) is 0 Å². The van der Waals surface area contributed by atoms with E-state index >= 15 is 0 Å². The minimum atomic E-state index is -0.611. The van der Waals surface area contributed by atoms with Gasteiger partial charge in [0.05, 0.1) is 13.7 Å². The van der Waals surface area contributed by atoms with Crippen LogP contribution in [0, 0.1) is 0 Å². The van der Waals surface area contributed by atoms with E-state index in [0.29, 0.717) is 12.3 Å². The normalized spacial score (nSPS) is 12.9. The molecule has 6 nitrogen and oxygen atoms in total. The molecule has 0 bridgehead atoms. The number of ether oxygens (including phenoxy) is 2. The van der Waals surface area contributed by atoms with Crippen LogP contribution in [0.15, 0.2) is 48.5 Å². The monoisotopic (exact) mass is 354 g/mol. The van der Waals surface area contributed by atoms with Gasteiger partial charge in [0.2, 0.25) is 0 Å². The molecule has 2 aromatic rings. The number of hydrogen-bond acceptors (Lipinski definition) is 4. The Morgan fingerprint density at radius 1 is 1.08 bits per heavy atom. The van der Waals surface area contributed by atoms with Crippen LogP contribution in [-0.2, 0) is 16.0 Å². The highest BCUT2D eigenvalue weighted by Gasteiger charge is 2.26. The molecule has 1 aliphatic heterocycles. The van der Waals surface area contributed by atoms with Crippen molar-refractivity contribution in [2.45, 2.75) is 12.8 Å². The van der Waals surface area contributed by atoms with Crippen molar-refractivity contribution in [3.8, 4) is 11.5 Å². The quantitative estimate of drug-likeness (QED) is 0.660. The summed E-state index contributed by atoms with van der Waals surface area (Å²) in [6.07, 6.45) is 1.79. The molecule has 0 aliphatic carbocycles. The third kappa shape index (κ3) is 4.14. The number of fused-ring (bicyclic) bond motifs is 1. The van der Waals surface area contributed by atoms with E-state index in [1.54, 1.807) is 36.3 Å². The molecule has 0 saturated heterocycles. The maximum absolute atomic E-state index is 12.5. The highest BCUT2D eigenvalue weighted by atomic mass is 16.5. The van der Waals surface area contributed by atoms with Crippen molar-refractivity contribution in [1.82, 2.24) is 5.32 Å². The predicted molar refractivity (Wildman–Crippen MR) is 98.6 cm³/mol. The lowest BCUT2D eigenvalue weighted by atomic mass is 10.0. The van der Waals surface area contributed by atoms with E-state index in [2.05, 4.69) is 5.32 Å². The summed E-state index contributed by atoms with van der Waals surface area (Å²) in [5.74, 6) is 0.288. The van der Waals surface area contributed by atoms with Crippen LogP contribution < -0.4 is 19.7 Å². The Balaban J connectivity index is 1.48. The van der Waals surface area contributed by atoms with Crippen molar-refractivity contribution >= 4 is 17.5 Å². The molecule has 0 saturated carbocycles. The minimum absolute atomic E-state index is 0.256. The van der Waals surface area contributed by atoms with Gasteiger partial charge in [-0.05, 0) is 48.7 Å². The molecule has 26 heavy (non-hydrogen) atoms. The van der Waals surface area contributed by atoms with Crippen LogP contribution in [0.25, 0.3) is 0 Å². The van der Waals surface area contributed by atoms with E-state index in [9.17, 15) is 9.59 Å². The van der Waals surface area contributed by atoms with Crippen molar-refractivity contribution < 1.29 is 19.1 Å². The summed E-state index contributed by atoms with van der Waals surface area (Å²) in [4.78, 5) is 26.2. The predicted octanol–water partition coefficient (Wildman–Crippen LogP) is 2.17. The first kappa shape index (κ1) is 17.8. The van der Waals surface area contributed by atoms with Gasteiger partial charge in [-0.3, -0.25) is 9.59 Å². The van der Waals surface area contributed by atoms with Gasteiger partial charge < -0.3 is 19.7 Å². The lowest BCUT2D eigenvalue weighted by Crippen LogP contribution is -2.46. The molecular weight excluding hydrogens is 332 g/mol. The zero-order valence-corrected chi connectivity index (χ0v) is 14.7. The van der Waals surface area contributed by atoms with E-state index in [1.807, 2.05) is 24.3 Å². The van der Waals surface area contributed by atoms with Gasteiger partial charge in [0.25, 0.3) is 0 Å². The number of carbonyl (C=O) groups is 2. The number of nitrogens with one attached hydrogen (secondary N) is 1. The van der Waals surface area contributed by atoms with Crippen molar-refractivity contribution in [3.63, 3.8) is 0 Å². The van der Waals surface area contributed by atoms with Gasteiger partial charge in [0.1, 0.15) is 18.1 Å². The van der Waals surface area contributed by atoms with E-state index in [1.165, 1.54) is 0 Å². The maximum atomic E-state index is 12.5. The molecule has 0 radical (unpaired) electrons. The summed E-state index contributed by atoms with van der Waals surface area (Å²) >= 11 is 0. The molecule has 2 amide bonds. The molecule has 0 unspecified atom stereocenters. The van der Waals surface area contributed by atoms with E-state index < -0.39 is 11.8 Å². The summed E-state index contributed by atoms with van der Waals surface area (Å²) in [7, 11) is 1.60. The van der Waals surface area contributed by atoms with Crippen LogP contribution in [-0.4, -0.2) is 38.6 Å². The Kier molecular flexibility index (Phi) is 5.73. The van der Waals surface area contributed by atoms with Crippen molar-refractivity contribution in [1.29, 1.82) is 0 Å². The molecule has 1 N–H and O–H groups in total. The molecule has 1 heterocycles. The highest BCUT2D eigenvalue weighted by molar-refractivity contribution is 6.40. The summed E-state index contributed by atoms with van der Waals surface area (Å²) in [6, 6.07) is 14.9. The number of benzene rings is 2. The molecule has 0 aromatic heterocycles. The Morgan fingerprint density at radius 3 is 2.58 bits per heavy atom. The molecule has 3 rings (SSSR count). The minimum Gasteiger partial charge on any atom is -0.497 e. The molecular formula is C20H22N2O4. The number of anilines is 1. The number of methoxy groups -OCH3 is 1. The van der Waals surface area contributed by atoms with E-state index in [4.69, 9.17) is 9.47 Å². The Bertz CT molecular complexity index is 774. The number of amides is 2. The second-order valence-corrected chi connectivity index (χ2v) is 5.97. The number of para-hydroxylation sites is 1. The Labute approximate surface area is 152 Å². The van der Waals surface area contributed by atoms with Crippen LogP contribution in [0.5, 0.6) is 11.5 Å². The number of nitrogens with zero attached hydrogens (tertiary/aromatic N) is 1. The summed E-state index contributed by atoms with van der Waals surface area (Å²) in [5, 5.41) is 2.62. The van der Waals surface area contributed by atoms with Crippen molar-refractivity contribution in [2.24, 2.45) is 0 Å². The fraction of sp³-hybridized carbons (Fsp3) is 0.300. The van der Waals surface area contributed by atoms with Gasteiger partial charge in [0, 0.05) is 12.2 Å². The van der Waals surface area contributed by atoms with E-state index in [0.717, 1.165) is 29.8 Å². The van der Waals surface area contributed by atoms with Crippen LogP contribution in [0.2, 0.25) is 0 Å². The first-order valence-electron chi connectivity index (χ1n) is 8.63. The van der Waals surface area contributed by atoms with Gasteiger partial charge in [0.15, 0.2) is 0 Å². The third-order valence-corrected chi connectivity index (χ3v) is 4.27. The SMILES string of the molecule is COc1ccc(OCCNC(=O)C(=O)N2CCCc3ccccc32)cc1. The molecule has 0 atom stereocenters. The fourth-order valence-electron chi connectivity index (χ4n) is 2.95. The number of aryl methyl sites for hydroxylation is 1. The average molecular weight is 354 g/mol. The van der Waals surface area contributed by atoms with Crippen LogP contribution >= 0.6 is 0 Å². The number of carbonyl (C=O) groups excluding carboxylic acids is 2. The summed E-state index contributed by atoms with van der Waals surface area (Å²) < 4.78 is 10.6. The Hall–Kier alpha value is -3.02. The number of hydrogen-bond donors (Lipinski definition) is 1. The maximum Gasteiger partial charge on any atom is 0.316 e. The van der Waals surface area contributed by atoms with Crippen LogP contribution in [0.1, 0.15) is 12.0 Å². The topological polar surface area (TPSA) is 67.9 Å².